The van der Waals surface area contributed by atoms with E-state index in [9.17, 15) is 14.4 Å². The van der Waals surface area contributed by atoms with Crippen molar-refractivity contribution in [3.05, 3.63) is 70.1 Å². The molecule has 1 aromatic heterocycles. The Hall–Kier alpha value is -3.85. The van der Waals surface area contributed by atoms with Crippen molar-refractivity contribution in [3.8, 4) is 11.5 Å². The zero-order chi connectivity index (χ0) is 24.7. The first-order valence-electron chi connectivity index (χ1n) is 10.6. The lowest BCUT2D eigenvalue weighted by Gasteiger charge is -2.09. The summed E-state index contributed by atoms with van der Waals surface area (Å²) in [6.45, 7) is 5.10. The van der Waals surface area contributed by atoms with Crippen molar-refractivity contribution in [2.45, 2.75) is 20.8 Å². The number of amides is 2. The van der Waals surface area contributed by atoms with E-state index in [2.05, 4.69) is 10.6 Å². The van der Waals surface area contributed by atoms with Crippen molar-refractivity contribution in [3.63, 3.8) is 0 Å². The van der Waals surface area contributed by atoms with Crippen LogP contribution in [0.1, 0.15) is 38.1 Å². The fourth-order valence-corrected chi connectivity index (χ4v) is 4.25. The Balaban J connectivity index is 1.79. The molecule has 34 heavy (non-hydrogen) atoms. The van der Waals surface area contributed by atoms with E-state index in [1.165, 1.54) is 0 Å². The Bertz CT molecular complexity index is 1190. The van der Waals surface area contributed by atoms with Crippen LogP contribution in [-0.4, -0.2) is 38.1 Å². The van der Waals surface area contributed by atoms with E-state index in [-0.39, 0.29) is 29.7 Å². The molecule has 3 rings (SSSR count). The summed E-state index contributed by atoms with van der Waals surface area (Å²) in [7, 11) is 1.56. The number of carbonyl (C=O) groups is 3. The number of hydrogen-bond donors (Lipinski definition) is 2. The summed E-state index contributed by atoms with van der Waals surface area (Å²) in [6.07, 6.45) is 0. The number of nitrogens with one attached hydrogen (secondary N) is 2. The Morgan fingerprint density at radius 1 is 0.941 bits per heavy atom. The van der Waals surface area contributed by atoms with Gasteiger partial charge in [-0.1, -0.05) is 18.2 Å². The third-order valence-corrected chi connectivity index (χ3v) is 6.11. The van der Waals surface area contributed by atoms with Gasteiger partial charge in [-0.15, -0.1) is 11.3 Å². The second-order valence-electron chi connectivity index (χ2n) is 7.26. The molecule has 0 aliphatic heterocycles. The Labute approximate surface area is 201 Å². The van der Waals surface area contributed by atoms with E-state index in [1.807, 2.05) is 25.1 Å². The molecule has 0 bridgehead atoms. The van der Waals surface area contributed by atoms with E-state index in [0.717, 1.165) is 16.9 Å². The van der Waals surface area contributed by atoms with Crippen LogP contribution < -0.4 is 20.1 Å². The largest absolute Gasteiger partial charge is 0.497 e. The molecule has 2 amide bonds. The third kappa shape index (κ3) is 5.93. The van der Waals surface area contributed by atoms with Crippen LogP contribution >= 0.6 is 11.3 Å². The second kappa shape index (κ2) is 11.3. The van der Waals surface area contributed by atoms with Gasteiger partial charge in [0.1, 0.15) is 16.5 Å². The number of para-hydroxylation sites is 1. The summed E-state index contributed by atoms with van der Waals surface area (Å²) in [5.41, 5.74) is 2.15. The van der Waals surface area contributed by atoms with Gasteiger partial charge < -0.3 is 24.8 Å². The first kappa shape index (κ1) is 24.8. The molecule has 0 saturated heterocycles. The third-order valence-electron chi connectivity index (χ3n) is 4.91. The van der Waals surface area contributed by atoms with Crippen LogP contribution in [-0.2, 0) is 9.53 Å². The van der Waals surface area contributed by atoms with Crippen LogP contribution in [0.25, 0.3) is 0 Å². The van der Waals surface area contributed by atoms with Gasteiger partial charge in [-0.2, -0.15) is 0 Å². The average molecular weight is 483 g/mol. The maximum atomic E-state index is 13.0. The monoisotopic (exact) mass is 482 g/mol. The summed E-state index contributed by atoms with van der Waals surface area (Å²) in [5.74, 6) is -0.313. The molecular formula is C25H26N2O6S. The lowest BCUT2D eigenvalue weighted by Crippen LogP contribution is -2.21. The number of thiophene rings is 1. The van der Waals surface area contributed by atoms with Crippen LogP contribution in [0.5, 0.6) is 11.5 Å². The number of carbonyl (C=O) groups excluding carboxylic acids is 3. The second-order valence-corrected chi connectivity index (χ2v) is 8.28. The standard InChI is InChI=1S/C25H26N2O6S/c1-5-32-25(30)21-16(3)22(23(29)26-19-9-7-6-8-15(19)2)34-24(21)27-20(28)14-33-18-12-10-17(31-4)11-13-18/h6-13H,5,14H2,1-4H3,(H,26,29)(H,27,28). The first-order chi connectivity index (χ1) is 16.3. The lowest BCUT2D eigenvalue weighted by atomic mass is 10.1. The summed E-state index contributed by atoms with van der Waals surface area (Å²) in [4.78, 5) is 38.5. The van der Waals surface area contributed by atoms with Gasteiger partial charge in [-0.05, 0) is 62.2 Å². The van der Waals surface area contributed by atoms with Crippen molar-refractivity contribution >= 4 is 39.8 Å². The van der Waals surface area contributed by atoms with Crippen LogP contribution in [0, 0.1) is 13.8 Å². The summed E-state index contributed by atoms with van der Waals surface area (Å²) >= 11 is 1.01. The van der Waals surface area contributed by atoms with Crippen molar-refractivity contribution in [2.24, 2.45) is 0 Å². The smallest absolute Gasteiger partial charge is 0.341 e. The van der Waals surface area contributed by atoms with Crippen molar-refractivity contribution in [1.29, 1.82) is 0 Å². The highest BCUT2D eigenvalue weighted by atomic mass is 32.1. The summed E-state index contributed by atoms with van der Waals surface area (Å²) < 4.78 is 15.8. The quantitative estimate of drug-likeness (QED) is 0.424. The Morgan fingerprint density at radius 3 is 2.26 bits per heavy atom. The van der Waals surface area contributed by atoms with Gasteiger partial charge in [0.2, 0.25) is 0 Å². The number of esters is 1. The molecule has 0 unspecified atom stereocenters. The Morgan fingerprint density at radius 2 is 1.62 bits per heavy atom. The molecule has 178 valence electrons. The molecule has 0 atom stereocenters. The van der Waals surface area contributed by atoms with E-state index in [0.29, 0.717) is 27.6 Å². The van der Waals surface area contributed by atoms with Crippen molar-refractivity contribution < 1.29 is 28.6 Å². The van der Waals surface area contributed by atoms with Gasteiger partial charge in [0.25, 0.3) is 11.8 Å². The molecule has 8 nitrogen and oxygen atoms in total. The van der Waals surface area contributed by atoms with Crippen LogP contribution in [0.4, 0.5) is 10.7 Å². The predicted molar refractivity (Wildman–Crippen MR) is 131 cm³/mol. The summed E-state index contributed by atoms with van der Waals surface area (Å²) in [6, 6.07) is 14.2. The van der Waals surface area contributed by atoms with Crippen molar-refractivity contribution in [1.82, 2.24) is 0 Å². The zero-order valence-electron chi connectivity index (χ0n) is 19.4. The minimum absolute atomic E-state index is 0.152. The zero-order valence-corrected chi connectivity index (χ0v) is 20.2. The highest BCUT2D eigenvalue weighted by Gasteiger charge is 2.27. The SMILES string of the molecule is CCOC(=O)c1c(NC(=O)COc2ccc(OC)cc2)sc(C(=O)Nc2ccccc2C)c1C. The fourth-order valence-electron chi connectivity index (χ4n) is 3.14. The number of ether oxygens (including phenoxy) is 3. The lowest BCUT2D eigenvalue weighted by molar-refractivity contribution is -0.118. The molecule has 9 heteroatoms. The molecule has 2 N–H and O–H groups in total. The van der Waals surface area contributed by atoms with Crippen LogP contribution in [0.2, 0.25) is 0 Å². The van der Waals surface area contributed by atoms with Gasteiger partial charge in [-0.3, -0.25) is 9.59 Å². The van der Waals surface area contributed by atoms with Crippen LogP contribution in [0.3, 0.4) is 0 Å². The highest BCUT2D eigenvalue weighted by molar-refractivity contribution is 7.19. The Kier molecular flexibility index (Phi) is 8.26. The van der Waals surface area contributed by atoms with Gasteiger partial charge in [0.15, 0.2) is 6.61 Å². The number of anilines is 2. The number of aryl methyl sites for hydroxylation is 1. The number of benzene rings is 2. The minimum atomic E-state index is -0.613. The fraction of sp³-hybridized carbons (Fsp3) is 0.240. The number of methoxy groups -OCH3 is 1. The highest BCUT2D eigenvalue weighted by Crippen LogP contribution is 2.34. The van der Waals surface area contributed by atoms with Gasteiger partial charge in [0.05, 0.1) is 24.2 Å². The maximum Gasteiger partial charge on any atom is 0.341 e. The van der Waals surface area contributed by atoms with Gasteiger partial charge in [-0.25, -0.2) is 4.79 Å². The molecule has 0 saturated carbocycles. The number of hydrogen-bond acceptors (Lipinski definition) is 7. The van der Waals surface area contributed by atoms with Crippen LogP contribution in [0.15, 0.2) is 48.5 Å². The predicted octanol–water partition coefficient (Wildman–Crippen LogP) is 4.82. The molecule has 0 radical (unpaired) electrons. The molecule has 0 aliphatic rings. The molecule has 1 heterocycles. The molecule has 2 aromatic carbocycles. The normalized spacial score (nSPS) is 10.4. The molecule has 0 aliphatic carbocycles. The molecule has 0 fully saturated rings. The first-order valence-corrected chi connectivity index (χ1v) is 11.4. The molecular weight excluding hydrogens is 456 g/mol. The molecule has 0 spiro atoms. The van der Waals surface area contributed by atoms with E-state index in [4.69, 9.17) is 14.2 Å². The van der Waals surface area contributed by atoms with E-state index >= 15 is 0 Å². The van der Waals surface area contributed by atoms with E-state index in [1.54, 1.807) is 51.3 Å². The summed E-state index contributed by atoms with van der Waals surface area (Å²) in [5, 5.41) is 5.77. The van der Waals surface area contributed by atoms with Crippen molar-refractivity contribution in [2.75, 3.05) is 31.0 Å². The average Bonchev–Trinajstić information content (AvgIpc) is 3.15. The van der Waals surface area contributed by atoms with Gasteiger partial charge in [0, 0.05) is 5.69 Å². The number of rotatable bonds is 9. The minimum Gasteiger partial charge on any atom is -0.497 e. The maximum absolute atomic E-state index is 13.0. The molecule has 3 aromatic rings. The van der Waals surface area contributed by atoms with E-state index < -0.39 is 11.9 Å². The topological polar surface area (TPSA) is 103 Å². The van der Waals surface area contributed by atoms with Gasteiger partial charge >= 0.3 is 5.97 Å².